The van der Waals surface area contributed by atoms with E-state index in [-0.39, 0.29) is 21.5 Å². The molecule has 4 atom stereocenters. The van der Waals surface area contributed by atoms with E-state index < -0.39 is 5.97 Å². The number of rotatable bonds is 13. The second-order valence-electron chi connectivity index (χ2n) is 9.34. The summed E-state index contributed by atoms with van der Waals surface area (Å²) in [6, 6.07) is 3.46. The molecule has 1 saturated heterocycles. The molecular formula is C26H38O5S3. The van der Waals surface area contributed by atoms with Gasteiger partial charge in [0.25, 0.3) is 0 Å². The van der Waals surface area contributed by atoms with Crippen molar-refractivity contribution in [1.29, 1.82) is 0 Å². The number of hydrogen-bond donors (Lipinski definition) is 2. The molecule has 2 fully saturated rings. The van der Waals surface area contributed by atoms with Gasteiger partial charge in [-0.15, -0.1) is 23.5 Å². The quantitative estimate of drug-likeness (QED) is 0.222. The van der Waals surface area contributed by atoms with Crippen molar-refractivity contribution in [2.24, 2.45) is 11.8 Å². The van der Waals surface area contributed by atoms with Crippen LogP contribution in [0.1, 0.15) is 75.2 Å². The average Bonchev–Trinajstić information content (AvgIpc) is 3.39. The van der Waals surface area contributed by atoms with Crippen molar-refractivity contribution in [3.05, 3.63) is 23.3 Å². The van der Waals surface area contributed by atoms with Gasteiger partial charge in [-0.25, -0.2) is 0 Å². The number of carboxylic acids is 1. The van der Waals surface area contributed by atoms with Crippen LogP contribution in [-0.4, -0.2) is 55.2 Å². The molecule has 2 N–H and O–H groups in total. The fraction of sp³-hybridized carbons (Fsp3) is 0.692. The van der Waals surface area contributed by atoms with E-state index in [0.717, 1.165) is 61.3 Å². The zero-order valence-corrected chi connectivity index (χ0v) is 23.0. The summed E-state index contributed by atoms with van der Waals surface area (Å²) >= 11 is 6.13. The lowest BCUT2D eigenvalue weighted by atomic mass is 9.89. The number of aliphatic carboxylic acids is 1. The Morgan fingerprint density at radius 2 is 2.12 bits per heavy atom. The van der Waals surface area contributed by atoms with Crippen molar-refractivity contribution in [3.63, 3.8) is 0 Å². The number of hydrogen-bond acceptors (Lipinski definition) is 7. The van der Waals surface area contributed by atoms with E-state index >= 15 is 0 Å². The van der Waals surface area contributed by atoms with Gasteiger partial charge in [-0.1, -0.05) is 20.3 Å². The van der Waals surface area contributed by atoms with Gasteiger partial charge in [0.1, 0.15) is 11.5 Å². The molecule has 1 aliphatic carbocycles. The van der Waals surface area contributed by atoms with Gasteiger partial charge in [0, 0.05) is 22.3 Å². The lowest BCUT2D eigenvalue weighted by Gasteiger charge is -2.24. The molecule has 1 aromatic carbocycles. The largest absolute Gasteiger partial charge is 0.507 e. The molecule has 5 nitrogen and oxygen atoms in total. The zero-order valence-electron chi connectivity index (χ0n) is 20.5. The molecule has 1 heterocycles. The minimum atomic E-state index is -0.626. The van der Waals surface area contributed by atoms with E-state index in [4.69, 9.17) is 4.74 Å². The predicted octanol–water partition coefficient (Wildman–Crippen LogP) is 6.51. The number of phenols is 1. The first kappa shape index (κ1) is 27.6. The fourth-order valence-corrected chi connectivity index (χ4v) is 10.4. The molecule has 0 amide bonds. The standard InChI is InChI=1S/C26H38O5S3/c1-4-7-22-23(9-8-21(17(3)27)24(22)28)31-12-6-13-32-15-19-16-33-26(34-19)11-10-18(14-26)20(5-2)25(29)30/h8-9,18-20,28H,4-7,10-16H2,1-3H3,(H,29,30). The normalized spacial score (nSPS) is 25.0. The summed E-state index contributed by atoms with van der Waals surface area (Å²) in [4.78, 5) is 23.3. The Kier molecular flexibility index (Phi) is 10.4. The minimum Gasteiger partial charge on any atom is -0.507 e. The van der Waals surface area contributed by atoms with Crippen LogP contribution in [0, 0.1) is 11.8 Å². The summed E-state index contributed by atoms with van der Waals surface area (Å²) in [7, 11) is 0. The Morgan fingerprint density at radius 3 is 2.79 bits per heavy atom. The van der Waals surface area contributed by atoms with Crippen molar-refractivity contribution in [1.82, 2.24) is 0 Å². The van der Waals surface area contributed by atoms with Crippen molar-refractivity contribution in [2.75, 3.05) is 23.9 Å². The predicted molar refractivity (Wildman–Crippen MR) is 145 cm³/mol. The molecule has 34 heavy (non-hydrogen) atoms. The Balaban J connectivity index is 1.38. The molecule has 2 aliphatic rings. The smallest absolute Gasteiger partial charge is 0.306 e. The number of phenolic OH excluding ortho intramolecular Hbond substituents is 1. The van der Waals surface area contributed by atoms with Gasteiger partial charge in [-0.05, 0) is 69.3 Å². The maximum atomic E-state index is 11.7. The van der Waals surface area contributed by atoms with Gasteiger partial charge in [0.05, 0.1) is 22.2 Å². The van der Waals surface area contributed by atoms with Crippen molar-refractivity contribution < 1.29 is 24.5 Å². The molecule has 0 aromatic heterocycles. The van der Waals surface area contributed by atoms with Crippen LogP contribution in [0.2, 0.25) is 0 Å². The van der Waals surface area contributed by atoms with Crippen LogP contribution < -0.4 is 4.74 Å². The number of ether oxygens (including phenoxy) is 1. The van der Waals surface area contributed by atoms with Gasteiger partial charge < -0.3 is 14.9 Å². The molecule has 0 radical (unpaired) electrons. The zero-order chi connectivity index (χ0) is 24.7. The molecule has 1 spiro atoms. The summed E-state index contributed by atoms with van der Waals surface area (Å²) in [6.45, 7) is 6.10. The van der Waals surface area contributed by atoms with Crippen molar-refractivity contribution >= 4 is 47.0 Å². The highest BCUT2D eigenvalue weighted by Crippen LogP contribution is 2.60. The third kappa shape index (κ3) is 6.82. The number of carbonyl (C=O) groups is 2. The van der Waals surface area contributed by atoms with Crippen LogP contribution >= 0.6 is 35.3 Å². The van der Waals surface area contributed by atoms with Gasteiger partial charge in [-0.3, -0.25) is 9.59 Å². The second kappa shape index (κ2) is 12.8. The molecular weight excluding hydrogens is 488 g/mol. The van der Waals surface area contributed by atoms with Crippen LogP contribution in [0.5, 0.6) is 11.5 Å². The minimum absolute atomic E-state index is 0.0636. The van der Waals surface area contributed by atoms with Crippen molar-refractivity contribution in [2.45, 2.75) is 75.0 Å². The molecule has 190 valence electrons. The Bertz CT molecular complexity index is 861. The summed E-state index contributed by atoms with van der Waals surface area (Å²) in [5.41, 5.74) is 1.09. The van der Waals surface area contributed by atoms with Gasteiger partial charge in [-0.2, -0.15) is 11.8 Å². The Morgan fingerprint density at radius 1 is 1.32 bits per heavy atom. The van der Waals surface area contributed by atoms with Crippen LogP contribution in [0.4, 0.5) is 0 Å². The van der Waals surface area contributed by atoms with Gasteiger partial charge >= 0.3 is 5.97 Å². The second-order valence-corrected chi connectivity index (χ2v) is 13.8. The van der Waals surface area contributed by atoms with E-state index in [9.17, 15) is 19.8 Å². The Hall–Kier alpha value is -0.990. The number of carboxylic acid groups (broad SMARTS) is 1. The van der Waals surface area contributed by atoms with E-state index in [2.05, 4.69) is 23.5 Å². The van der Waals surface area contributed by atoms with Gasteiger partial charge in [0.2, 0.25) is 0 Å². The van der Waals surface area contributed by atoms with Crippen LogP contribution in [0.25, 0.3) is 0 Å². The molecule has 1 saturated carbocycles. The number of ketones is 1. The number of carbonyl (C=O) groups excluding carboxylic acids is 1. The third-order valence-corrected chi connectivity index (χ3v) is 12.0. The van der Waals surface area contributed by atoms with E-state index in [1.807, 2.05) is 31.7 Å². The summed E-state index contributed by atoms with van der Waals surface area (Å²) in [5.74, 6) is 3.42. The fourth-order valence-electron chi connectivity index (χ4n) is 5.09. The topological polar surface area (TPSA) is 83.8 Å². The first-order valence-corrected chi connectivity index (χ1v) is 15.4. The first-order valence-electron chi connectivity index (χ1n) is 12.4. The number of aromatic hydroxyl groups is 1. The van der Waals surface area contributed by atoms with E-state index in [0.29, 0.717) is 35.5 Å². The number of Topliss-reactive ketones (excluding diaryl/α,β-unsaturated/α-hetero) is 1. The highest BCUT2D eigenvalue weighted by molar-refractivity contribution is 8.22. The van der Waals surface area contributed by atoms with Crippen LogP contribution in [0.15, 0.2) is 12.1 Å². The monoisotopic (exact) mass is 526 g/mol. The van der Waals surface area contributed by atoms with E-state index in [1.165, 1.54) is 6.92 Å². The molecule has 3 rings (SSSR count). The van der Waals surface area contributed by atoms with Crippen LogP contribution in [-0.2, 0) is 11.2 Å². The highest BCUT2D eigenvalue weighted by atomic mass is 32.2. The molecule has 8 heteroatoms. The lowest BCUT2D eigenvalue weighted by Crippen LogP contribution is -2.23. The third-order valence-electron chi connectivity index (χ3n) is 6.82. The lowest BCUT2D eigenvalue weighted by molar-refractivity contribution is -0.143. The number of benzene rings is 1. The first-order chi connectivity index (χ1) is 16.3. The Labute approximate surface area is 216 Å². The van der Waals surface area contributed by atoms with Gasteiger partial charge in [0.15, 0.2) is 5.78 Å². The molecule has 1 aromatic rings. The SMILES string of the molecule is CCCc1c(OCCCSCC2CSC3(CCC(C(CC)C(=O)O)C3)S2)ccc(C(C)=O)c1O. The number of thioether (sulfide) groups is 3. The maximum Gasteiger partial charge on any atom is 0.306 e. The van der Waals surface area contributed by atoms with Crippen molar-refractivity contribution in [3.8, 4) is 11.5 Å². The summed E-state index contributed by atoms with van der Waals surface area (Å²) in [5, 5.41) is 20.6. The average molecular weight is 527 g/mol. The van der Waals surface area contributed by atoms with Crippen LogP contribution in [0.3, 0.4) is 0 Å². The summed E-state index contributed by atoms with van der Waals surface area (Å²) in [6.07, 6.45) is 6.44. The molecule has 0 bridgehead atoms. The molecule has 1 aliphatic heterocycles. The maximum absolute atomic E-state index is 11.7. The molecule has 4 unspecified atom stereocenters. The summed E-state index contributed by atoms with van der Waals surface area (Å²) < 4.78 is 6.22. The highest BCUT2D eigenvalue weighted by Gasteiger charge is 2.48. The van der Waals surface area contributed by atoms with E-state index in [1.54, 1.807) is 6.07 Å².